The Kier molecular flexibility index (Phi) is 11.1. The number of alkyl halides is 2. The van der Waals surface area contributed by atoms with Crippen molar-refractivity contribution in [2.24, 2.45) is 7.05 Å². The van der Waals surface area contributed by atoms with Crippen molar-refractivity contribution in [1.29, 1.82) is 0 Å². The van der Waals surface area contributed by atoms with Gasteiger partial charge in [0.25, 0.3) is 11.8 Å². The largest absolute Gasteiger partial charge is 0.489 e. The average Bonchev–Trinajstić information content (AvgIpc) is 4.01. The molecule has 16 nitrogen and oxygen atoms in total. The standard InChI is InChI=1S/C40H46F2N10O6/c1-23(2)57-33-16-35-43-29(25-6-11-55-12-7-25)19-50(35)21-31(33)46-39(54)37-27(18-52(48-37)40(41)42)15-24(3)58-34-17-36-44-30(26-8-13-56-14-9-26)20-51(36)22-32(34)45-38(53)28-5-10-49(4)47-28/h5,10,16-26,40H,6-9,11-15H2,1-4H3,(H,45,53)(H,46,54). The Hall–Kier alpha value is -5.88. The summed E-state index contributed by atoms with van der Waals surface area (Å²) >= 11 is 0. The molecule has 18 heteroatoms. The van der Waals surface area contributed by atoms with E-state index in [4.69, 9.17) is 28.9 Å². The minimum atomic E-state index is -3.00. The number of fused-ring (bicyclic) bond motifs is 2. The van der Waals surface area contributed by atoms with Crippen LogP contribution in [0.25, 0.3) is 11.3 Å². The van der Waals surface area contributed by atoms with Crippen LogP contribution in [0.4, 0.5) is 20.2 Å². The van der Waals surface area contributed by atoms with Crippen molar-refractivity contribution in [3.05, 3.63) is 83.7 Å². The summed E-state index contributed by atoms with van der Waals surface area (Å²) in [6, 6.07) is 5.07. The topological polar surface area (TPSA) is 165 Å². The number of anilines is 2. The number of nitrogens with zero attached hydrogens (tertiary/aromatic N) is 8. The van der Waals surface area contributed by atoms with Crippen LogP contribution in [0, 0.1) is 0 Å². The molecule has 0 spiro atoms. The molecule has 0 bridgehead atoms. The number of halogens is 2. The molecule has 0 saturated carbocycles. The minimum absolute atomic E-state index is 0.0143. The molecular formula is C40H46F2N10O6. The van der Waals surface area contributed by atoms with Gasteiger partial charge in [-0.25, -0.2) is 14.6 Å². The number of amides is 2. The molecule has 1 atom stereocenters. The maximum Gasteiger partial charge on any atom is 0.333 e. The summed E-state index contributed by atoms with van der Waals surface area (Å²) in [5.41, 5.74) is 3.97. The second-order valence-corrected chi connectivity index (χ2v) is 15.1. The number of aromatic nitrogens is 8. The van der Waals surface area contributed by atoms with Crippen LogP contribution in [0.1, 0.15) is 103 Å². The molecule has 2 aliphatic heterocycles. The summed E-state index contributed by atoms with van der Waals surface area (Å²) in [4.78, 5) is 37.0. The van der Waals surface area contributed by atoms with Gasteiger partial charge in [0.05, 0.1) is 17.5 Å². The van der Waals surface area contributed by atoms with Gasteiger partial charge in [-0.2, -0.15) is 19.0 Å². The zero-order valence-corrected chi connectivity index (χ0v) is 32.7. The van der Waals surface area contributed by atoms with E-state index in [1.165, 1.54) is 4.68 Å². The first-order valence-corrected chi connectivity index (χ1v) is 19.5. The first kappa shape index (κ1) is 39.0. The molecule has 0 aromatic carbocycles. The molecule has 1 unspecified atom stereocenters. The second kappa shape index (κ2) is 16.5. The van der Waals surface area contributed by atoms with Crippen LogP contribution in [0.2, 0.25) is 0 Å². The number of aryl methyl sites for hydroxylation is 1. The van der Waals surface area contributed by atoms with E-state index in [2.05, 4.69) is 20.8 Å². The van der Waals surface area contributed by atoms with Crippen LogP contribution in [0.3, 0.4) is 0 Å². The van der Waals surface area contributed by atoms with E-state index in [9.17, 15) is 18.4 Å². The second-order valence-electron chi connectivity index (χ2n) is 15.1. The lowest BCUT2D eigenvalue weighted by molar-refractivity contribution is 0.0560. The molecule has 6 aromatic heterocycles. The number of ether oxygens (including phenoxy) is 4. The van der Waals surface area contributed by atoms with Gasteiger partial charge >= 0.3 is 6.55 Å². The SMILES string of the molecule is CC(C)Oc1cc2nc(C3CCOCC3)cn2cc1NC(=O)c1nn(C(F)F)cc1CC(C)Oc1cc2nc(C3CCOCC3)cn2cc1NC(=O)c1ccn(C)n1. The van der Waals surface area contributed by atoms with Gasteiger partial charge in [-0.3, -0.25) is 14.3 Å². The van der Waals surface area contributed by atoms with Crippen molar-refractivity contribution < 1.29 is 37.3 Å². The van der Waals surface area contributed by atoms with Crippen LogP contribution < -0.4 is 20.1 Å². The summed E-state index contributed by atoms with van der Waals surface area (Å²) in [6.45, 7) is 5.12. The van der Waals surface area contributed by atoms with E-state index in [1.54, 1.807) is 50.8 Å². The van der Waals surface area contributed by atoms with E-state index >= 15 is 0 Å². The Morgan fingerprint density at radius 3 is 1.86 bits per heavy atom. The molecular weight excluding hydrogens is 754 g/mol. The quantitative estimate of drug-likeness (QED) is 0.134. The van der Waals surface area contributed by atoms with Gasteiger partial charge in [-0.05, 0) is 52.5 Å². The van der Waals surface area contributed by atoms with Gasteiger partial charge in [0.1, 0.15) is 40.3 Å². The highest BCUT2D eigenvalue weighted by Gasteiger charge is 2.26. The number of carbonyl (C=O) groups is 2. The van der Waals surface area contributed by atoms with Gasteiger partial charge in [0, 0.05) is 107 Å². The molecule has 6 aromatic rings. The molecule has 58 heavy (non-hydrogen) atoms. The molecule has 0 radical (unpaired) electrons. The third kappa shape index (κ3) is 8.52. The van der Waals surface area contributed by atoms with Crippen LogP contribution in [0.15, 0.2) is 55.4 Å². The zero-order chi connectivity index (χ0) is 40.5. The summed E-state index contributed by atoms with van der Waals surface area (Å²) in [5, 5.41) is 14.0. The molecule has 8 rings (SSSR count). The fraction of sp³-hybridized carbons (Fsp3) is 0.450. The zero-order valence-electron chi connectivity index (χ0n) is 32.7. The number of pyridine rings is 2. The highest BCUT2D eigenvalue weighted by atomic mass is 19.3. The Morgan fingerprint density at radius 2 is 1.34 bits per heavy atom. The third-order valence-corrected chi connectivity index (χ3v) is 10.3. The highest BCUT2D eigenvalue weighted by molar-refractivity contribution is 6.05. The molecule has 2 aliphatic rings. The first-order valence-electron chi connectivity index (χ1n) is 19.5. The average molecular weight is 801 g/mol. The number of carbonyl (C=O) groups excluding carboxylic acids is 2. The van der Waals surface area contributed by atoms with Crippen molar-refractivity contribution >= 4 is 34.5 Å². The van der Waals surface area contributed by atoms with Gasteiger partial charge in [-0.15, -0.1) is 0 Å². The molecule has 2 N–H and O–H groups in total. The van der Waals surface area contributed by atoms with Gasteiger partial charge in [-0.1, -0.05) is 0 Å². The van der Waals surface area contributed by atoms with Crippen LogP contribution >= 0.6 is 0 Å². The number of imidazole rings is 2. The summed E-state index contributed by atoms with van der Waals surface area (Å²) in [5.74, 6) is -0.0125. The molecule has 8 heterocycles. The molecule has 2 amide bonds. The normalized spacial score (nSPS) is 16.1. The lowest BCUT2D eigenvalue weighted by Gasteiger charge is -2.19. The number of nitrogens with one attached hydrogen (secondary N) is 2. The first-order chi connectivity index (χ1) is 28.0. The number of hydrogen-bond donors (Lipinski definition) is 2. The maximum absolute atomic E-state index is 14.1. The molecule has 306 valence electrons. The Balaban J connectivity index is 1.06. The van der Waals surface area contributed by atoms with Crippen molar-refractivity contribution in [2.75, 3.05) is 37.1 Å². The third-order valence-electron chi connectivity index (χ3n) is 10.3. The predicted molar refractivity (Wildman–Crippen MR) is 208 cm³/mol. The molecule has 2 saturated heterocycles. The van der Waals surface area contributed by atoms with Crippen molar-refractivity contribution in [3.8, 4) is 11.5 Å². The van der Waals surface area contributed by atoms with Crippen molar-refractivity contribution in [1.82, 2.24) is 38.3 Å². The van der Waals surface area contributed by atoms with Crippen molar-refractivity contribution in [3.63, 3.8) is 0 Å². The lowest BCUT2D eigenvalue weighted by Crippen LogP contribution is -2.21. The monoisotopic (exact) mass is 800 g/mol. The fourth-order valence-electron chi connectivity index (χ4n) is 7.43. The molecule has 2 fully saturated rings. The molecule has 0 aliphatic carbocycles. The minimum Gasteiger partial charge on any atom is -0.489 e. The Morgan fingerprint density at radius 1 is 0.793 bits per heavy atom. The number of rotatable bonds is 13. The van der Waals surface area contributed by atoms with Crippen LogP contribution in [0.5, 0.6) is 11.5 Å². The highest BCUT2D eigenvalue weighted by Crippen LogP contribution is 2.34. The smallest absolute Gasteiger partial charge is 0.333 e. The van der Waals surface area contributed by atoms with E-state index in [-0.39, 0.29) is 41.3 Å². The van der Waals surface area contributed by atoms with Gasteiger partial charge in [0.2, 0.25) is 0 Å². The summed E-state index contributed by atoms with van der Waals surface area (Å²) < 4.78 is 57.4. The lowest BCUT2D eigenvalue weighted by atomic mass is 9.97. The summed E-state index contributed by atoms with van der Waals surface area (Å²) in [7, 11) is 1.72. The van der Waals surface area contributed by atoms with Gasteiger partial charge < -0.3 is 38.4 Å². The van der Waals surface area contributed by atoms with Gasteiger partial charge in [0.15, 0.2) is 11.4 Å². The summed E-state index contributed by atoms with van der Waals surface area (Å²) in [6.07, 6.45) is 12.6. The van der Waals surface area contributed by atoms with Crippen LogP contribution in [-0.2, 0) is 22.9 Å². The Labute approximate surface area is 332 Å². The maximum atomic E-state index is 14.1. The van der Waals surface area contributed by atoms with E-state index in [0.717, 1.165) is 43.3 Å². The van der Waals surface area contributed by atoms with E-state index in [1.807, 2.05) is 35.0 Å². The predicted octanol–water partition coefficient (Wildman–Crippen LogP) is 6.40. The van der Waals surface area contributed by atoms with E-state index in [0.29, 0.717) is 65.3 Å². The van der Waals surface area contributed by atoms with E-state index < -0.39 is 24.5 Å². The Bertz CT molecular complexity index is 2420. The fourth-order valence-corrected chi connectivity index (χ4v) is 7.43. The van der Waals surface area contributed by atoms with Crippen LogP contribution in [-0.4, -0.2) is 88.8 Å². The van der Waals surface area contributed by atoms with Crippen molar-refractivity contribution in [2.45, 2.75) is 83.5 Å². The number of hydrogen-bond acceptors (Lipinski definition) is 10.